The van der Waals surface area contributed by atoms with Crippen molar-refractivity contribution in [2.24, 2.45) is 0 Å². The molecule has 0 bridgehead atoms. The molecule has 17 heavy (non-hydrogen) atoms. The van der Waals surface area contributed by atoms with Crippen LogP contribution >= 0.6 is 0 Å². The Kier molecular flexibility index (Phi) is 3.05. The first-order valence-corrected chi connectivity index (χ1v) is 5.08. The second kappa shape index (κ2) is 4.35. The predicted molar refractivity (Wildman–Crippen MR) is 52.5 cm³/mol. The first-order chi connectivity index (χ1) is 8.06. The van der Waals surface area contributed by atoms with E-state index in [1.165, 1.54) is 11.6 Å². The second-order valence-corrected chi connectivity index (χ2v) is 3.89. The first kappa shape index (κ1) is 11.9. The summed E-state index contributed by atoms with van der Waals surface area (Å²) in [7, 11) is 0. The van der Waals surface area contributed by atoms with Crippen molar-refractivity contribution in [1.29, 1.82) is 0 Å². The van der Waals surface area contributed by atoms with Gasteiger partial charge < -0.3 is 20.6 Å². The lowest BCUT2D eigenvalue weighted by atomic mass is 9.94. The monoisotopic (exact) mass is 243 g/mol. The van der Waals surface area contributed by atoms with Crippen LogP contribution in [-0.2, 0) is 4.79 Å². The quantitative estimate of drug-likeness (QED) is 0.438. The van der Waals surface area contributed by atoms with Crippen LogP contribution in [0, 0.1) is 0 Å². The Morgan fingerprint density at radius 1 is 1.47 bits per heavy atom. The lowest BCUT2D eigenvalue weighted by Gasteiger charge is -2.35. The number of nitrogens with one attached hydrogen (secondary N) is 1. The Balaban J connectivity index is 2.39. The van der Waals surface area contributed by atoms with Crippen LogP contribution in [0.5, 0.6) is 0 Å². The van der Waals surface area contributed by atoms with Crippen LogP contribution in [0.4, 0.5) is 0 Å². The number of hydrogen-bond acceptors (Lipinski definition) is 7. The van der Waals surface area contributed by atoms with Crippen LogP contribution in [0.15, 0.2) is 0 Å². The van der Waals surface area contributed by atoms with E-state index in [1.807, 2.05) is 0 Å². The molecule has 1 aliphatic heterocycles. The van der Waals surface area contributed by atoms with Gasteiger partial charge >= 0.3 is 0 Å². The lowest BCUT2D eigenvalue weighted by molar-refractivity contribution is -0.123. The van der Waals surface area contributed by atoms with Gasteiger partial charge in [-0.1, -0.05) is 0 Å². The summed E-state index contributed by atoms with van der Waals surface area (Å²) in [5.41, 5.74) is 0. The number of aliphatic hydroxyl groups excluding tert-OH is 3. The fourth-order valence-electron chi connectivity index (χ4n) is 1.92. The molecule has 0 radical (unpaired) electrons. The van der Waals surface area contributed by atoms with Crippen LogP contribution in [0.1, 0.15) is 24.8 Å². The van der Waals surface area contributed by atoms with Gasteiger partial charge in [0, 0.05) is 6.92 Å². The molecule has 4 N–H and O–H groups in total. The number of amides is 1. The highest BCUT2D eigenvalue weighted by Gasteiger charge is 2.43. The molecule has 9 heteroatoms. The van der Waals surface area contributed by atoms with Gasteiger partial charge in [0.25, 0.3) is 0 Å². The number of carbonyl (C=O) groups is 1. The molecule has 2 heterocycles. The van der Waals surface area contributed by atoms with E-state index in [1.54, 1.807) is 0 Å². The minimum atomic E-state index is -1.27. The number of hydrogen-bond donors (Lipinski definition) is 4. The summed E-state index contributed by atoms with van der Waals surface area (Å²) < 4.78 is 1.21. The molecular formula is C8H13N5O4. The van der Waals surface area contributed by atoms with Crippen molar-refractivity contribution in [3.63, 3.8) is 0 Å². The van der Waals surface area contributed by atoms with E-state index >= 15 is 0 Å². The first-order valence-electron chi connectivity index (χ1n) is 5.08. The highest BCUT2D eigenvalue weighted by atomic mass is 16.3. The highest BCUT2D eigenvalue weighted by molar-refractivity contribution is 5.73. The third-order valence-electron chi connectivity index (χ3n) is 2.74. The fraction of sp³-hybridized carbons (Fsp3) is 0.750. The van der Waals surface area contributed by atoms with Gasteiger partial charge in [-0.2, -0.15) is 0 Å². The van der Waals surface area contributed by atoms with Crippen molar-refractivity contribution in [2.45, 2.75) is 31.2 Å². The predicted octanol–water partition coefficient (Wildman–Crippen LogP) is -2.88. The molecule has 1 aromatic heterocycles. The van der Waals surface area contributed by atoms with Gasteiger partial charge in [0.05, 0.1) is 6.61 Å². The van der Waals surface area contributed by atoms with E-state index < -0.39 is 30.9 Å². The van der Waals surface area contributed by atoms with Gasteiger partial charge in [0.2, 0.25) is 5.91 Å². The zero-order valence-electron chi connectivity index (χ0n) is 9.06. The standard InChI is InChI=1S/C8H13N5O4/c1-3(15)9-5-7(17)6(16)4(2-14)13-8(5)10-11-12-13/h4-7,14,16-17H,2H2,1H3,(H,9,15)/t4-,5-,6-,7-/m1/s1. The SMILES string of the molecule is CC(=O)N[C@H]1c2nnnn2[C@H](CO)[C@@H](O)[C@@H]1O. The van der Waals surface area contributed by atoms with Crippen molar-refractivity contribution < 1.29 is 20.1 Å². The largest absolute Gasteiger partial charge is 0.394 e. The van der Waals surface area contributed by atoms with E-state index in [4.69, 9.17) is 5.11 Å². The van der Waals surface area contributed by atoms with Gasteiger partial charge in [0.15, 0.2) is 5.82 Å². The van der Waals surface area contributed by atoms with Crippen LogP contribution in [0.25, 0.3) is 0 Å². The molecule has 0 spiro atoms. The lowest BCUT2D eigenvalue weighted by Crippen LogP contribution is -2.51. The molecule has 4 atom stereocenters. The molecule has 1 aliphatic rings. The number of tetrazole rings is 1. The Labute approximate surface area is 96.1 Å². The molecule has 2 rings (SSSR count). The average Bonchev–Trinajstić information content (AvgIpc) is 2.73. The smallest absolute Gasteiger partial charge is 0.217 e. The normalized spacial score (nSPS) is 32.0. The van der Waals surface area contributed by atoms with Crippen molar-refractivity contribution in [2.75, 3.05) is 6.61 Å². The van der Waals surface area contributed by atoms with Gasteiger partial charge in [-0.3, -0.25) is 4.79 Å². The Morgan fingerprint density at radius 2 is 2.18 bits per heavy atom. The number of fused-ring (bicyclic) bond motifs is 1. The maximum absolute atomic E-state index is 11.0. The van der Waals surface area contributed by atoms with Crippen LogP contribution in [-0.4, -0.2) is 60.2 Å². The van der Waals surface area contributed by atoms with Crippen LogP contribution in [0.3, 0.4) is 0 Å². The molecule has 0 aliphatic carbocycles. The van der Waals surface area contributed by atoms with Crippen molar-refractivity contribution >= 4 is 5.91 Å². The summed E-state index contributed by atoms with van der Waals surface area (Å²) in [5.74, 6) is -0.171. The number of rotatable bonds is 2. The Morgan fingerprint density at radius 3 is 2.76 bits per heavy atom. The molecule has 0 fully saturated rings. The zero-order chi connectivity index (χ0) is 12.6. The average molecular weight is 243 g/mol. The molecule has 0 saturated heterocycles. The second-order valence-electron chi connectivity index (χ2n) is 3.89. The molecule has 0 saturated carbocycles. The highest BCUT2D eigenvalue weighted by Crippen LogP contribution is 2.29. The molecule has 0 unspecified atom stereocenters. The van der Waals surface area contributed by atoms with E-state index in [9.17, 15) is 15.0 Å². The zero-order valence-corrected chi connectivity index (χ0v) is 9.06. The third-order valence-corrected chi connectivity index (χ3v) is 2.74. The summed E-state index contributed by atoms with van der Waals surface area (Å²) in [6, 6.07) is -1.71. The maximum atomic E-state index is 11.0. The summed E-state index contributed by atoms with van der Waals surface area (Å²) >= 11 is 0. The summed E-state index contributed by atoms with van der Waals surface area (Å²) in [5, 5.41) is 42.0. The number of aliphatic hydroxyl groups is 3. The van der Waals surface area contributed by atoms with Crippen molar-refractivity contribution in [3.05, 3.63) is 5.82 Å². The Bertz CT molecular complexity index is 422. The maximum Gasteiger partial charge on any atom is 0.217 e. The fourth-order valence-corrected chi connectivity index (χ4v) is 1.92. The molecule has 0 aromatic carbocycles. The van der Waals surface area contributed by atoms with Gasteiger partial charge in [-0.15, -0.1) is 5.10 Å². The molecule has 1 aromatic rings. The summed E-state index contributed by atoms with van der Waals surface area (Å²) in [4.78, 5) is 11.0. The molecule has 9 nitrogen and oxygen atoms in total. The van der Waals surface area contributed by atoms with Gasteiger partial charge in [-0.25, -0.2) is 4.68 Å². The topological polar surface area (TPSA) is 133 Å². The summed E-state index contributed by atoms with van der Waals surface area (Å²) in [6.07, 6.45) is -2.53. The number of aromatic nitrogens is 4. The number of nitrogens with zero attached hydrogens (tertiary/aromatic N) is 4. The van der Waals surface area contributed by atoms with Crippen LogP contribution in [0.2, 0.25) is 0 Å². The van der Waals surface area contributed by atoms with E-state index in [2.05, 4.69) is 20.8 Å². The van der Waals surface area contributed by atoms with Gasteiger partial charge in [0.1, 0.15) is 24.3 Å². The summed E-state index contributed by atoms with van der Waals surface area (Å²) in [6.45, 7) is 0.869. The van der Waals surface area contributed by atoms with E-state index in [-0.39, 0.29) is 11.7 Å². The number of carbonyl (C=O) groups excluding carboxylic acids is 1. The molecule has 94 valence electrons. The van der Waals surface area contributed by atoms with Crippen LogP contribution < -0.4 is 5.32 Å². The van der Waals surface area contributed by atoms with Crippen molar-refractivity contribution in [3.8, 4) is 0 Å². The molecular weight excluding hydrogens is 230 g/mol. The molecule has 1 amide bonds. The van der Waals surface area contributed by atoms with Gasteiger partial charge in [-0.05, 0) is 10.4 Å². The minimum Gasteiger partial charge on any atom is -0.394 e. The minimum absolute atomic E-state index is 0.206. The third kappa shape index (κ3) is 1.88. The Hall–Kier alpha value is -1.58. The van der Waals surface area contributed by atoms with E-state index in [0.717, 1.165) is 0 Å². The van der Waals surface area contributed by atoms with E-state index in [0.29, 0.717) is 0 Å². The van der Waals surface area contributed by atoms with Crippen molar-refractivity contribution in [1.82, 2.24) is 25.5 Å².